The first-order valence-electron chi connectivity index (χ1n) is 11.2. The number of hydrogen-bond donors (Lipinski definition) is 0. The van der Waals surface area contributed by atoms with Crippen molar-refractivity contribution in [3.05, 3.63) is 127 Å². The molecule has 0 heterocycles. The van der Waals surface area contributed by atoms with Gasteiger partial charge in [-0.3, -0.25) is 4.79 Å². The maximum Gasteiger partial charge on any atom is 0.330 e. The zero-order valence-corrected chi connectivity index (χ0v) is 19.9. The Labute approximate surface area is 210 Å². The topological polar surface area (TPSA) is 72.9 Å². The fourth-order valence-electron chi connectivity index (χ4n) is 3.39. The van der Waals surface area contributed by atoms with Crippen molar-refractivity contribution in [3.8, 4) is 0 Å². The molecule has 0 unspecified atom stereocenters. The van der Waals surface area contributed by atoms with E-state index in [4.69, 9.17) is 9.47 Å². The van der Waals surface area contributed by atoms with Crippen molar-refractivity contribution in [2.75, 3.05) is 4.90 Å². The lowest BCUT2D eigenvalue weighted by Crippen LogP contribution is -2.11. The zero-order valence-electron chi connectivity index (χ0n) is 19.9. The van der Waals surface area contributed by atoms with Crippen molar-refractivity contribution < 1.29 is 23.9 Å². The molecule has 0 spiro atoms. The molecule has 3 aromatic rings. The number of carbonyl (C=O) groups excluding carboxylic acids is 3. The number of hydrogen-bond acceptors (Lipinski definition) is 6. The number of esters is 2. The summed E-state index contributed by atoms with van der Waals surface area (Å²) in [6.07, 6.45) is 3.87. The van der Waals surface area contributed by atoms with Gasteiger partial charge in [-0.1, -0.05) is 56.1 Å². The van der Waals surface area contributed by atoms with E-state index in [2.05, 4.69) is 24.6 Å². The van der Waals surface area contributed by atoms with Crippen LogP contribution in [0.1, 0.15) is 16.7 Å². The Bertz CT molecular complexity index is 1170. The average Bonchev–Trinajstić information content (AvgIpc) is 2.92. The third-order valence-corrected chi connectivity index (χ3v) is 5.29. The third-order valence-electron chi connectivity index (χ3n) is 5.29. The summed E-state index contributed by atoms with van der Waals surface area (Å²) in [4.78, 5) is 36.5. The summed E-state index contributed by atoms with van der Waals surface area (Å²) in [6.45, 7) is 10.6. The number of benzene rings is 3. The highest BCUT2D eigenvalue weighted by atomic mass is 16.5. The van der Waals surface area contributed by atoms with Gasteiger partial charge in [-0.25, -0.2) is 9.59 Å². The van der Waals surface area contributed by atoms with Crippen molar-refractivity contribution in [3.63, 3.8) is 0 Å². The van der Waals surface area contributed by atoms with Gasteiger partial charge in [-0.2, -0.15) is 0 Å². The summed E-state index contributed by atoms with van der Waals surface area (Å²) in [5.74, 6) is -0.996. The molecule has 0 aromatic heterocycles. The molecule has 0 aliphatic carbocycles. The smallest absolute Gasteiger partial charge is 0.330 e. The summed E-state index contributed by atoms with van der Waals surface area (Å²) in [5.41, 5.74) is 5.23. The maximum atomic E-state index is 11.7. The van der Waals surface area contributed by atoms with Crippen LogP contribution in [-0.4, -0.2) is 17.7 Å². The lowest BCUT2D eigenvalue weighted by atomic mass is 10.1. The second kappa shape index (κ2) is 12.7. The molecular weight excluding hydrogens is 454 g/mol. The molecule has 3 aromatic carbocycles. The van der Waals surface area contributed by atoms with Gasteiger partial charge in [0.1, 0.15) is 13.2 Å². The Hall–Kier alpha value is -4.71. The Balaban J connectivity index is 1.89. The fraction of sp³-hybridized carbons (Fsp3) is 0.100. The van der Waals surface area contributed by atoms with Gasteiger partial charge < -0.3 is 14.4 Å². The summed E-state index contributed by atoms with van der Waals surface area (Å²) in [6, 6.07) is 23.0. The average molecular weight is 482 g/mol. The second-order valence-corrected chi connectivity index (χ2v) is 7.81. The monoisotopic (exact) mass is 481 g/mol. The van der Waals surface area contributed by atoms with Crippen molar-refractivity contribution in [2.45, 2.75) is 19.6 Å². The third kappa shape index (κ3) is 7.14. The van der Waals surface area contributed by atoms with E-state index in [9.17, 15) is 14.4 Å². The Morgan fingerprint density at radius 1 is 0.583 bits per heavy atom. The quantitative estimate of drug-likeness (QED) is 0.236. The number of allylic oxidation sites excluding steroid dienone is 1. The molecule has 6 heteroatoms. The second-order valence-electron chi connectivity index (χ2n) is 7.81. The lowest BCUT2D eigenvalue weighted by Gasteiger charge is -2.26. The number of nitrogens with zero attached hydrogens (tertiary/aromatic N) is 1. The molecule has 0 saturated carbocycles. The molecule has 0 saturated heterocycles. The normalized spacial score (nSPS) is 10.1. The van der Waals surface area contributed by atoms with Crippen LogP contribution in [0, 0.1) is 0 Å². The molecule has 182 valence electrons. The van der Waals surface area contributed by atoms with Gasteiger partial charge in [-0.15, -0.1) is 0 Å². The van der Waals surface area contributed by atoms with Crippen molar-refractivity contribution in [1.82, 2.24) is 0 Å². The molecule has 0 atom stereocenters. The summed E-state index contributed by atoms with van der Waals surface area (Å²) >= 11 is 0. The van der Waals surface area contributed by atoms with Gasteiger partial charge in [0.2, 0.25) is 0 Å². The van der Waals surface area contributed by atoms with E-state index in [1.807, 2.05) is 72.8 Å². The highest BCUT2D eigenvalue weighted by Gasteiger charge is 2.13. The van der Waals surface area contributed by atoms with Crippen LogP contribution in [0.25, 0.3) is 0 Å². The van der Waals surface area contributed by atoms with Crippen molar-refractivity contribution in [2.24, 2.45) is 0 Å². The van der Waals surface area contributed by atoms with E-state index in [1.54, 1.807) is 0 Å². The van der Waals surface area contributed by atoms with Crippen LogP contribution in [-0.2, 0) is 43.5 Å². The van der Waals surface area contributed by atoms with E-state index < -0.39 is 11.9 Å². The predicted molar refractivity (Wildman–Crippen MR) is 140 cm³/mol. The van der Waals surface area contributed by atoms with Crippen molar-refractivity contribution >= 4 is 34.8 Å². The molecule has 0 N–H and O–H groups in total. The predicted octanol–water partition coefficient (Wildman–Crippen LogP) is 5.91. The first kappa shape index (κ1) is 25.9. The number of carbonyl (C=O) groups is 3. The minimum atomic E-state index is -0.477. The van der Waals surface area contributed by atoms with Crippen LogP contribution in [0.2, 0.25) is 0 Å². The molecule has 0 radical (unpaired) electrons. The summed E-state index contributed by atoms with van der Waals surface area (Å²) in [7, 11) is 0. The van der Waals surface area contributed by atoms with Crippen LogP contribution in [0.5, 0.6) is 0 Å². The first-order valence-corrected chi connectivity index (χ1v) is 11.2. The van der Waals surface area contributed by atoms with E-state index in [-0.39, 0.29) is 19.0 Å². The van der Waals surface area contributed by atoms with Crippen LogP contribution < -0.4 is 4.90 Å². The van der Waals surface area contributed by atoms with Crippen molar-refractivity contribution in [1.29, 1.82) is 0 Å². The minimum Gasteiger partial charge on any atom is -0.458 e. The zero-order chi connectivity index (χ0) is 25.9. The SMILES string of the molecule is C=CC(=O)Cc1ccc(N(c2ccc(COC(=O)C=C)cc2)c2ccc(COC(=O)C=C)cc2)cc1. The van der Waals surface area contributed by atoms with Gasteiger partial charge >= 0.3 is 11.9 Å². The Morgan fingerprint density at radius 2 is 0.944 bits per heavy atom. The summed E-state index contributed by atoms with van der Waals surface area (Å²) < 4.78 is 10.2. The van der Waals surface area contributed by atoms with Crippen LogP contribution in [0.15, 0.2) is 111 Å². The van der Waals surface area contributed by atoms with E-state index in [1.165, 1.54) is 6.08 Å². The van der Waals surface area contributed by atoms with E-state index in [0.29, 0.717) is 6.42 Å². The molecule has 6 nitrogen and oxygen atoms in total. The number of ketones is 1. The molecule has 0 amide bonds. The molecule has 36 heavy (non-hydrogen) atoms. The number of rotatable bonds is 12. The molecule has 0 bridgehead atoms. The van der Waals surface area contributed by atoms with Gasteiger partial charge in [-0.05, 0) is 59.2 Å². The Morgan fingerprint density at radius 3 is 1.28 bits per heavy atom. The number of ether oxygens (including phenoxy) is 2. The van der Waals surface area contributed by atoms with Gasteiger partial charge in [0.15, 0.2) is 5.78 Å². The fourth-order valence-corrected chi connectivity index (χ4v) is 3.39. The summed E-state index contributed by atoms with van der Waals surface area (Å²) in [5, 5.41) is 0. The molecule has 0 fully saturated rings. The maximum absolute atomic E-state index is 11.7. The van der Waals surface area contributed by atoms with Crippen LogP contribution >= 0.6 is 0 Å². The van der Waals surface area contributed by atoms with E-state index in [0.717, 1.165) is 45.9 Å². The van der Waals surface area contributed by atoms with E-state index >= 15 is 0 Å². The van der Waals surface area contributed by atoms with Gasteiger partial charge in [0.25, 0.3) is 0 Å². The number of anilines is 3. The molecule has 0 aliphatic heterocycles. The Kier molecular flexibility index (Phi) is 9.12. The van der Waals surface area contributed by atoms with Crippen LogP contribution in [0.3, 0.4) is 0 Å². The van der Waals surface area contributed by atoms with Crippen LogP contribution in [0.4, 0.5) is 17.1 Å². The standard InChI is InChI=1S/C30H27NO5/c1-4-28(32)19-22-7-13-25(14-8-22)31(26-15-9-23(10-16-26)20-35-29(33)5-2)27-17-11-24(12-18-27)21-36-30(34)6-3/h4-18H,1-3,19-21H2. The molecule has 0 aliphatic rings. The largest absolute Gasteiger partial charge is 0.458 e. The minimum absolute atomic E-state index is 0.0416. The first-order chi connectivity index (χ1) is 17.4. The lowest BCUT2D eigenvalue weighted by molar-refractivity contribution is -0.139. The highest BCUT2D eigenvalue weighted by molar-refractivity contribution is 5.91. The molecular formula is C30H27NO5. The van der Waals surface area contributed by atoms with Gasteiger partial charge in [0, 0.05) is 35.6 Å². The molecule has 3 rings (SSSR count). The van der Waals surface area contributed by atoms with Gasteiger partial charge in [0.05, 0.1) is 0 Å². The highest BCUT2D eigenvalue weighted by Crippen LogP contribution is 2.35.